The Bertz CT molecular complexity index is 571. The van der Waals surface area contributed by atoms with Crippen molar-refractivity contribution in [2.24, 2.45) is 5.73 Å². The van der Waals surface area contributed by atoms with Gasteiger partial charge in [0, 0.05) is 24.0 Å². The molecule has 6 nitrogen and oxygen atoms in total. The molecule has 2 heterocycles. The predicted octanol–water partition coefficient (Wildman–Crippen LogP) is 2.13. The number of nitrogens with two attached hydrogens (primary N) is 1. The van der Waals surface area contributed by atoms with Crippen LogP contribution in [0.3, 0.4) is 0 Å². The summed E-state index contributed by atoms with van der Waals surface area (Å²) in [6, 6.07) is 2.43. The highest BCUT2D eigenvalue weighted by molar-refractivity contribution is 7.98. The molecular formula is C13H22N6S. The zero-order valence-corrected chi connectivity index (χ0v) is 13.3. The Kier molecular flexibility index (Phi) is 4.82. The van der Waals surface area contributed by atoms with E-state index in [4.69, 9.17) is 5.73 Å². The van der Waals surface area contributed by atoms with E-state index in [1.807, 2.05) is 11.6 Å². The number of nitrogens with zero attached hydrogens (tertiary/aromatic N) is 5. The molecule has 0 radical (unpaired) electrons. The lowest BCUT2D eigenvalue weighted by molar-refractivity contribution is 0.526. The van der Waals surface area contributed by atoms with E-state index in [0.717, 1.165) is 29.0 Å². The normalized spacial score (nSPS) is 11.5. The largest absolute Gasteiger partial charge is 0.324 e. The molecule has 7 heteroatoms. The van der Waals surface area contributed by atoms with Gasteiger partial charge in [-0.25, -0.2) is 0 Å². The van der Waals surface area contributed by atoms with Crippen LogP contribution in [0.2, 0.25) is 0 Å². The maximum Gasteiger partial charge on any atom is 0.191 e. The minimum atomic E-state index is 0.309. The Morgan fingerprint density at radius 2 is 2.10 bits per heavy atom. The van der Waals surface area contributed by atoms with Crippen molar-refractivity contribution in [3.05, 3.63) is 23.3 Å². The fourth-order valence-electron chi connectivity index (χ4n) is 2.19. The highest BCUT2D eigenvalue weighted by Crippen LogP contribution is 2.25. The van der Waals surface area contributed by atoms with Crippen molar-refractivity contribution in [1.29, 1.82) is 0 Å². The molecule has 2 rings (SSSR count). The van der Waals surface area contributed by atoms with Gasteiger partial charge in [-0.1, -0.05) is 11.8 Å². The molecule has 0 spiro atoms. The first kappa shape index (κ1) is 15.1. The number of aromatic nitrogens is 5. The Morgan fingerprint density at radius 1 is 1.35 bits per heavy atom. The third-order valence-electron chi connectivity index (χ3n) is 3.07. The van der Waals surface area contributed by atoms with Crippen molar-refractivity contribution in [1.82, 2.24) is 24.5 Å². The molecule has 0 saturated carbocycles. The van der Waals surface area contributed by atoms with Crippen molar-refractivity contribution < 1.29 is 0 Å². The lowest BCUT2D eigenvalue weighted by atomic mass is 10.4. The zero-order valence-electron chi connectivity index (χ0n) is 12.5. The molecule has 0 aliphatic carbocycles. The molecule has 0 saturated heterocycles. The van der Waals surface area contributed by atoms with Crippen LogP contribution in [-0.2, 0) is 18.8 Å². The molecule has 110 valence electrons. The van der Waals surface area contributed by atoms with Crippen LogP contribution in [0.25, 0.3) is 0 Å². The summed E-state index contributed by atoms with van der Waals surface area (Å²) in [5, 5.41) is 13.8. The van der Waals surface area contributed by atoms with E-state index in [-0.39, 0.29) is 0 Å². The fourth-order valence-corrected chi connectivity index (χ4v) is 3.25. The van der Waals surface area contributed by atoms with E-state index in [2.05, 4.69) is 46.7 Å². The third-order valence-corrected chi connectivity index (χ3v) is 4.04. The molecule has 0 bridgehead atoms. The molecule has 2 aromatic rings. The van der Waals surface area contributed by atoms with Crippen LogP contribution in [0.4, 0.5) is 0 Å². The van der Waals surface area contributed by atoms with E-state index in [1.165, 1.54) is 5.69 Å². The molecule has 0 aliphatic rings. The van der Waals surface area contributed by atoms with Crippen LogP contribution < -0.4 is 5.73 Å². The lowest BCUT2D eigenvalue weighted by Gasteiger charge is -2.12. The SMILES string of the molecule is CCn1nc(C)cc1CSc1nnc(CN)n1C(C)C. The first-order valence-corrected chi connectivity index (χ1v) is 7.85. The number of rotatable bonds is 6. The maximum atomic E-state index is 5.71. The average Bonchev–Trinajstić information content (AvgIpc) is 2.98. The fraction of sp³-hybridized carbons (Fsp3) is 0.615. The topological polar surface area (TPSA) is 74.6 Å². The van der Waals surface area contributed by atoms with E-state index < -0.39 is 0 Å². The van der Waals surface area contributed by atoms with Gasteiger partial charge in [0.05, 0.1) is 12.2 Å². The van der Waals surface area contributed by atoms with E-state index in [9.17, 15) is 0 Å². The predicted molar refractivity (Wildman–Crippen MR) is 80.5 cm³/mol. The minimum absolute atomic E-state index is 0.309. The number of hydrogen-bond acceptors (Lipinski definition) is 5. The number of aryl methyl sites for hydroxylation is 2. The van der Waals surface area contributed by atoms with Gasteiger partial charge in [-0.15, -0.1) is 10.2 Å². The van der Waals surface area contributed by atoms with Crippen LogP contribution >= 0.6 is 11.8 Å². The Morgan fingerprint density at radius 3 is 2.70 bits per heavy atom. The maximum absolute atomic E-state index is 5.71. The van der Waals surface area contributed by atoms with Crippen molar-refractivity contribution in [2.75, 3.05) is 0 Å². The van der Waals surface area contributed by atoms with Gasteiger partial charge in [-0.05, 0) is 33.8 Å². The number of thioether (sulfide) groups is 1. The van der Waals surface area contributed by atoms with Gasteiger partial charge in [0.1, 0.15) is 5.82 Å². The Labute approximate surface area is 123 Å². The number of hydrogen-bond donors (Lipinski definition) is 1. The molecule has 0 aromatic carbocycles. The average molecular weight is 294 g/mol. The highest BCUT2D eigenvalue weighted by atomic mass is 32.2. The first-order valence-electron chi connectivity index (χ1n) is 6.86. The van der Waals surface area contributed by atoms with Gasteiger partial charge in [0.25, 0.3) is 0 Å². The second kappa shape index (κ2) is 6.41. The second-order valence-electron chi connectivity index (χ2n) is 4.95. The second-order valence-corrected chi connectivity index (χ2v) is 5.89. The highest BCUT2D eigenvalue weighted by Gasteiger charge is 2.15. The van der Waals surface area contributed by atoms with E-state index in [1.54, 1.807) is 11.8 Å². The summed E-state index contributed by atoms with van der Waals surface area (Å²) in [4.78, 5) is 0. The van der Waals surface area contributed by atoms with Crippen molar-refractivity contribution in [3.63, 3.8) is 0 Å². The summed E-state index contributed by atoms with van der Waals surface area (Å²) in [5.74, 6) is 1.67. The standard InChI is InChI=1S/C13H22N6S/c1-5-18-11(6-10(4)17-18)8-20-13-16-15-12(7-14)19(13)9(2)3/h6,9H,5,7-8,14H2,1-4H3. The van der Waals surface area contributed by atoms with Crippen LogP contribution in [0.15, 0.2) is 11.2 Å². The monoisotopic (exact) mass is 294 g/mol. The lowest BCUT2D eigenvalue weighted by Crippen LogP contribution is -2.11. The van der Waals surface area contributed by atoms with Crippen LogP contribution in [0.5, 0.6) is 0 Å². The summed E-state index contributed by atoms with van der Waals surface area (Å²) < 4.78 is 4.13. The van der Waals surface area contributed by atoms with Crippen LogP contribution in [0, 0.1) is 6.92 Å². The Balaban J connectivity index is 2.16. The molecule has 0 amide bonds. The van der Waals surface area contributed by atoms with Gasteiger partial charge in [-0.3, -0.25) is 4.68 Å². The van der Waals surface area contributed by atoms with E-state index >= 15 is 0 Å². The smallest absolute Gasteiger partial charge is 0.191 e. The van der Waals surface area contributed by atoms with Gasteiger partial charge in [-0.2, -0.15) is 5.10 Å². The molecular weight excluding hydrogens is 272 g/mol. The first-order chi connectivity index (χ1) is 9.56. The van der Waals surface area contributed by atoms with Gasteiger partial charge in [0.2, 0.25) is 0 Å². The molecule has 2 N–H and O–H groups in total. The third kappa shape index (κ3) is 3.04. The summed E-state index contributed by atoms with van der Waals surface area (Å²) in [7, 11) is 0. The minimum Gasteiger partial charge on any atom is -0.324 e. The summed E-state index contributed by atoms with van der Waals surface area (Å²) in [6.07, 6.45) is 0. The van der Waals surface area contributed by atoms with Crippen molar-refractivity contribution in [3.8, 4) is 0 Å². The van der Waals surface area contributed by atoms with Crippen LogP contribution in [0.1, 0.15) is 44.0 Å². The summed E-state index contributed by atoms with van der Waals surface area (Å²) >= 11 is 1.68. The van der Waals surface area contributed by atoms with Gasteiger partial charge in [0.15, 0.2) is 5.16 Å². The summed E-state index contributed by atoms with van der Waals surface area (Å²) in [6.45, 7) is 9.65. The Hall–Kier alpha value is -1.34. The molecule has 0 unspecified atom stereocenters. The molecule has 0 atom stereocenters. The van der Waals surface area contributed by atoms with Crippen molar-refractivity contribution in [2.45, 2.75) is 57.7 Å². The zero-order chi connectivity index (χ0) is 14.7. The molecule has 0 aliphatic heterocycles. The van der Waals surface area contributed by atoms with Crippen LogP contribution in [-0.4, -0.2) is 24.5 Å². The van der Waals surface area contributed by atoms with Crippen molar-refractivity contribution >= 4 is 11.8 Å². The molecule has 2 aromatic heterocycles. The van der Waals surface area contributed by atoms with E-state index in [0.29, 0.717) is 12.6 Å². The quantitative estimate of drug-likeness (QED) is 0.826. The molecule has 20 heavy (non-hydrogen) atoms. The summed E-state index contributed by atoms with van der Waals surface area (Å²) in [5.41, 5.74) is 7.97. The molecule has 0 fully saturated rings. The van der Waals surface area contributed by atoms with Gasteiger partial charge >= 0.3 is 0 Å². The van der Waals surface area contributed by atoms with Gasteiger partial charge < -0.3 is 10.3 Å².